The van der Waals surface area contributed by atoms with Gasteiger partial charge >= 0.3 is 0 Å². The van der Waals surface area contributed by atoms with Crippen LogP contribution in [0.5, 0.6) is 17.2 Å². The summed E-state index contributed by atoms with van der Waals surface area (Å²) in [5.74, 6) is 1.59. The Bertz CT molecular complexity index is 1410. The highest BCUT2D eigenvalue weighted by atomic mass is 32.1. The average molecular weight is 513 g/mol. The first-order chi connectivity index (χ1) is 18.0. The van der Waals surface area contributed by atoms with E-state index in [2.05, 4.69) is 15.5 Å². The number of nitriles is 1. The molecule has 9 heteroatoms. The van der Waals surface area contributed by atoms with Crippen LogP contribution >= 0.6 is 11.3 Å². The van der Waals surface area contributed by atoms with Crippen molar-refractivity contribution in [2.24, 2.45) is 0 Å². The van der Waals surface area contributed by atoms with Crippen LogP contribution < -0.4 is 19.5 Å². The minimum atomic E-state index is -0.551. The number of benzene rings is 3. The predicted octanol–water partition coefficient (Wildman–Crippen LogP) is 5.53. The van der Waals surface area contributed by atoms with Crippen LogP contribution in [0.3, 0.4) is 0 Å². The first-order valence-electron chi connectivity index (χ1n) is 11.4. The second-order valence-corrected chi connectivity index (χ2v) is 8.82. The molecule has 0 aliphatic carbocycles. The molecule has 0 radical (unpaired) electrons. The molecular weight excluding hydrogens is 488 g/mol. The smallest absolute Gasteiger partial charge is 0.268 e. The van der Waals surface area contributed by atoms with E-state index < -0.39 is 5.91 Å². The molecule has 0 saturated carbocycles. The van der Waals surface area contributed by atoms with Gasteiger partial charge in [0.1, 0.15) is 47.1 Å². The van der Waals surface area contributed by atoms with Gasteiger partial charge in [-0.1, -0.05) is 53.3 Å². The van der Waals surface area contributed by atoms with Gasteiger partial charge in [-0.3, -0.25) is 10.1 Å². The van der Waals surface area contributed by atoms with Crippen molar-refractivity contribution in [1.82, 2.24) is 10.2 Å². The first-order valence-corrected chi connectivity index (χ1v) is 12.2. The van der Waals surface area contributed by atoms with Gasteiger partial charge in [-0.2, -0.15) is 5.26 Å². The van der Waals surface area contributed by atoms with Crippen molar-refractivity contribution in [2.75, 3.05) is 25.6 Å². The van der Waals surface area contributed by atoms with Gasteiger partial charge in [0.05, 0.1) is 7.11 Å². The molecule has 0 fully saturated rings. The predicted molar refractivity (Wildman–Crippen MR) is 143 cm³/mol. The Labute approximate surface area is 218 Å². The summed E-state index contributed by atoms with van der Waals surface area (Å²) < 4.78 is 16.5. The summed E-state index contributed by atoms with van der Waals surface area (Å²) in [5.41, 5.74) is 2.69. The number of aromatic nitrogens is 2. The van der Waals surface area contributed by atoms with Crippen molar-refractivity contribution in [1.29, 1.82) is 5.26 Å². The van der Waals surface area contributed by atoms with Gasteiger partial charge in [0.15, 0.2) is 0 Å². The molecule has 1 amide bonds. The van der Waals surface area contributed by atoms with Crippen LogP contribution in [0, 0.1) is 18.3 Å². The number of anilines is 1. The summed E-state index contributed by atoms with van der Waals surface area (Å²) in [7, 11) is 1.61. The number of hydrogen-bond donors (Lipinski definition) is 1. The Morgan fingerprint density at radius 1 is 0.919 bits per heavy atom. The zero-order valence-corrected chi connectivity index (χ0v) is 21.1. The van der Waals surface area contributed by atoms with Gasteiger partial charge < -0.3 is 14.2 Å². The van der Waals surface area contributed by atoms with Crippen LogP contribution in [-0.2, 0) is 4.79 Å². The maximum Gasteiger partial charge on any atom is 0.268 e. The maximum atomic E-state index is 12.6. The van der Waals surface area contributed by atoms with Gasteiger partial charge in [0.2, 0.25) is 5.13 Å². The number of ether oxygens (including phenoxy) is 3. The largest absolute Gasteiger partial charge is 0.497 e. The summed E-state index contributed by atoms with van der Waals surface area (Å²) >= 11 is 1.24. The zero-order chi connectivity index (χ0) is 26.0. The summed E-state index contributed by atoms with van der Waals surface area (Å²) in [6.45, 7) is 2.75. The van der Waals surface area contributed by atoms with Gasteiger partial charge in [-0.15, -0.1) is 10.2 Å². The number of carbonyl (C=O) groups excluding carboxylic acids is 1. The average Bonchev–Trinajstić information content (AvgIpc) is 3.39. The van der Waals surface area contributed by atoms with Crippen LogP contribution in [0.25, 0.3) is 16.6 Å². The molecule has 0 saturated heterocycles. The lowest BCUT2D eigenvalue weighted by Gasteiger charge is -2.09. The SMILES string of the molecule is COc1ccc(OCCOc2ccc(C=C(C#N)C(=O)Nc3nnc(-c4ccc(C)cc4)s3)cc2)cc1. The van der Waals surface area contributed by atoms with Crippen LogP contribution in [0.1, 0.15) is 11.1 Å². The van der Waals surface area contributed by atoms with Crippen LogP contribution in [0.4, 0.5) is 5.13 Å². The molecule has 0 aliphatic heterocycles. The molecule has 1 N–H and O–H groups in total. The molecular formula is C28H24N4O4S. The van der Waals surface area contributed by atoms with Gasteiger partial charge in [0, 0.05) is 5.56 Å². The fourth-order valence-electron chi connectivity index (χ4n) is 3.22. The zero-order valence-electron chi connectivity index (χ0n) is 20.3. The van der Waals surface area contributed by atoms with E-state index in [1.54, 1.807) is 31.4 Å². The van der Waals surface area contributed by atoms with Crippen molar-refractivity contribution >= 4 is 28.5 Å². The van der Waals surface area contributed by atoms with Crippen LogP contribution in [0.15, 0.2) is 78.4 Å². The van der Waals surface area contributed by atoms with Crippen molar-refractivity contribution in [3.05, 3.63) is 89.5 Å². The van der Waals surface area contributed by atoms with Crippen molar-refractivity contribution < 1.29 is 19.0 Å². The summed E-state index contributed by atoms with van der Waals surface area (Å²) in [6, 6.07) is 24.2. The number of carbonyl (C=O) groups is 1. The molecule has 0 bridgehead atoms. The lowest BCUT2D eigenvalue weighted by atomic mass is 10.1. The van der Waals surface area contributed by atoms with E-state index in [0.29, 0.717) is 34.7 Å². The highest BCUT2D eigenvalue weighted by Crippen LogP contribution is 2.27. The highest BCUT2D eigenvalue weighted by Gasteiger charge is 2.13. The minimum Gasteiger partial charge on any atom is -0.497 e. The van der Waals surface area contributed by atoms with E-state index >= 15 is 0 Å². The number of methoxy groups -OCH3 is 1. The number of rotatable bonds is 10. The molecule has 1 aromatic heterocycles. The molecule has 3 aromatic carbocycles. The number of amides is 1. The number of aryl methyl sites for hydroxylation is 1. The fourth-order valence-corrected chi connectivity index (χ4v) is 3.96. The molecule has 0 aliphatic rings. The van der Waals surface area contributed by atoms with Crippen molar-refractivity contribution in [3.63, 3.8) is 0 Å². The molecule has 8 nitrogen and oxygen atoms in total. The number of nitrogens with zero attached hydrogens (tertiary/aromatic N) is 3. The van der Waals surface area contributed by atoms with Crippen molar-refractivity contribution in [3.8, 4) is 33.9 Å². The minimum absolute atomic E-state index is 0.0476. The Morgan fingerprint density at radius 3 is 2.11 bits per heavy atom. The Kier molecular flexibility index (Phi) is 8.47. The monoisotopic (exact) mass is 512 g/mol. The third-order valence-electron chi connectivity index (χ3n) is 5.18. The summed E-state index contributed by atoms with van der Waals surface area (Å²) in [4.78, 5) is 12.6. The van der Waals surface area contributed by atoms with E-state index in [4.69, 9.17) is 14.2 Å². The van der Waals surface area contributed by atoms with E-state index in [-0.39, 0.29) is 5.57 Å². The van der Waals surface area contributed by atoms with E-state index in [0.717, 1.165) is 22.6 Å². The van der Waals surface area contributed by atoms with Gasteiger partial charge in [-0.25, -0.2) is 0 Å². The standard InChI is InChI=1S/C28H24N4O4S/c1-19-3-7-21(8-4-19)27-31-32-28(37-27)30-26(33)22(18-29)17-20-5-9-24(10-6-20)35-15-16-36-25-13-11-23(34-2)12-14-25/h3-14,17H,15-16H2,1-2H3,(H,30,32,33). The Hall–Kier alpha value is -4.68. The van der Waals surface area contributed by atoms with E-state index in [9.17, 15) is 10.1 Å². The van der Waals surface area contributed by atoms with Crippen LogP contribution in [-0.4, -0.2) is 36.4 Å². The molecule has 0 spiro atoms. The first kappa shape index (κ1) is 25.4. The maximum absolute atomic E-state index is 12.6. The molecule has 186 valence electrons. The topological polar surface area (TPSA) is 106 Å². The van der Waals surface area contributed by atoms with Gasteiger partial charge in [-0.05, 0) is 55.0 Å². The normalized spacial score (nSPS) is 10.9. The number of nitrogens with one attached hydrogen (secondary N) is 1. The Morgan fingerprint density at radius 2 is 1.51 bits per heavy atom. The third-order valence-corrected chi connectivity index (χ3v) is 6.07. The van der Waals surface area contributed by atoms with Crippen molar-refractivity contribution in [2.45, 2.75) is 6.92 Å². The fraction of sp³-hybridized carbons (Fsp3) is 0.143. The number of hydrogen-bond acceptors (Lipinski definition) is 8. The van der Waals surface area contributed by atoms with Crippen LogP contribution in [0.2, 0.25) is 0 Å². The molecule has 4 rings (SSSR count). The summed E-state index contributed by atoms with van der Waals surface area (Å²) in [5, 5.41) is 21.3. The molecule has 0 atom stereocenters. The van der Waals surface area contributed by atoms with Gasteiger partial charge in [0.25, 0.3) is 5.91 Å². The molecule has 37 heavy (non-hydrogen) atoms. The summed E-state index contributed by atoms with van der Waals surface area (Å²) in [6.07, 6.45) is 1.51. The van der Waals surface area contributed by atoms with E-state index in [1.807, 2.05) is 61.5 Å². The molecule has 0 unspecified atom stereocenters. The second-order valence-electron chi connectivity index (χ2n) is 7.84. The third kappa shape index (κ3) is 7.16. The Balaban J connectivity index is 1.29. The lowest BCUT2D eigenvalue weighted by Crippen LogP contribution is -2.13. The highest BCUT2D eigenvalue weighted by molar-refractivity contribution is 7.18. The van der Waals surface area contributed by atoms with E-state index in [1.165, 1.54) is 17.4 Å². The molecule has 4 aromatic rings. The quantitative estimate of drug-likeness (QED) is 0.169. The second kappa shape index (κ2) is 12.3. The lowest BCUT2D eigenvalue weighted by molar-refractivity contribution is -0.112. The molecule has 1 heterocycles.